The highest BCUT2D eigenvalue weighted by molar-refractivity contribution is 5.85. The molecule has 27 heavy (non-hydrogen) atoms. The zero-order valence-corrected chi connectivity index (χ0v) is 15.1. The van der Waals surface area contributed by atoms with E-state index in [9.17, 15) is 4.79 Å². The summed E-state index contributed by atoms with van der Waals surface area (Å²) in [6.07, 6.45) is 7.51. The first kappa shape index (κ1) is 16.4. The van der Waals surface area contributed by atoms with Crippen LogP contribution in [-0.4, -0.2) is 48.8 Å². The maximum absolute atomic E-state index is 12.7. The van der Waals surface area contributed by atoms with Gasteiger partial charge in [-0.2, -0.15) is 10.2 Å². The van der Waals surface area contributed by atoms with Crippen molar-refractivity contribution in [1.82, 2.24) is 29.5 Å². The number of fused-ring (bicyclic) bond motifs is 2. The Hall–Kier alpha value is -2.81. The zero-order chi connectivity index (χ0) is 18.4. The maximum Gasteiger partial charge on any atom is 0.267 e. The summed E-state index contributed by atoms with van der Waals surface area (Å²) in [5, 5.41) is 13.3. The number of nitrogens with zero attached hydrogens (tertiary/aromatic N) is 6. The lowest BCUT2D eigenvalue weighted by Crippen LogP contribution is -2.38. The Morgan fingerprint density at radius 1 is 1.19 bits per heavy atom. The minimum absolute atomic E-state index is 0.0628. The second kappa shape index (κ2) is 6.41. The molecule has 2 aliphatic rings. The van der Waals surface area contributed by atoms with Crippen molar-refractivity contribution >= 4 is 16.9 Å². The third-order valence-corrected chi connectivity index (χ3v) is 5.35. The van der Waals surface area contributed by atoms with Crippen molar-refractivity contribution in [2.45, 2.75) is 37.8 Å². The second-order valence-corrected chi connectivity index (χ2v) is 7.22. The van der Waals surface area contributed by atoms with E-state index in [1.165, 1.54) is 6.33 Å². The third kappa shape index (κ3) is 2.87. The van der Waals surface area contributed by atoms with Crippen molar-refractivity contribution in [3.8, 4) is 0 Å². The number of ether oxygens (including phenoxy) is 1. The Kier molecular flexibility index (Phi) is 3.89. The smallest absolute Gasteiger partial charge is 0.267 e. The summed E-state index contributed by atoms with van der Waals surface area (Å²) < 4.78 is 8.99. The summed E-state index contributed by atoms with van der Waals surface area (Å²) in [5.41, 5.74) is 2.71. The highest BCUT2D eigenvalue weighted by atomic mass is 16.5. The standard InChI is InChI=1S/C18H21N7O2/c1-24-7-12-17(19-10-20-18(12)23-24)21-14-8-27-9-15(14)25-16(26)6-11-4-2-3-5-13(11)22-25/h6-7,10,14-15H,2-5,8-9H2,1H3,(H,19,20,21,23). The highest BCUT2D eigenvalue weighted by Gasteiger charge is 2.33. The first-order valence-electron chi connectivity index (χ1n) is 9.29. The van der Waals surface area contributed by atoms with Crippen LogP contribution in [0.3, 0.4) is 0 Å². The molecule has 9 heteroatoms. The van der Waals surface area contributed by atoms with Crippen LogP contribution in [0.25, 0.3) is 11.0 Å². The number of hydrogen-bond acceptors (Lipinski definition) is 7. The van der Waals surface area contributed by atoms with Gasteiger partial charge in [-0.15, -0.1) is 0 Å². The SMILES string of the molecule is Cn1cc2c(NC3COCC3n3nc4c(cc3=O)CCCC4)ncnc2n1. The minimum Gasteiger partial charge on any atom is -0.377 e. The van der Waals surface area contributed by atoms with E-state index in [1.807, 2.05) is 13.2 Å². The number of aryl methyl sites for hydroxylation is 3. The molecular formula is C18H21N7O2. The Balaban J connectivity index is 1.48. The molecule has 140 valence electrons. The molecule has 0 spiro atoms. The van der Waals surface area contributed by atoms with Crippen LogP contribution < -0.4 is 10.9 Å². The number of anilines is 1. The van der Waals surface area contributed by atoms with Gasteiger partial charge >= 0.3 is 0 Å². The summed E-state index contributed by atoms with van der Waals surface area (Å²) in [5.74, 6) is 0.694. The highest BCUT2D eigenvalue weighted by Crippen LogP contribution is 2.25. The van der Waals surface area contributed by atoms with Crippen LogP contribution in [0.1, 0.15) is 30.1 Å². The van der Waals surface area contributed by atoms with E-state index >= 15 is 0 Å². The van der Waals surface area contributed by atoms with Crippen LogP contribution in [-0.2, 0) is 24.6 Å². The quantitative estimate of drug-likeness (QED) is 0.732. The molecule has 0 radical (unpaired) electrons. The normalized spacial score (nSPS) is 22.1. The zero-order valence-electron chi connectivity index (χ0n) is 15.1. The van der Waals surface area contributed by atoms with Crippen LogP contribution in [0.5, 0.6) is 0 Å². The monoisotopic (exact) mass is 367 g/mol. The van der Waals surface area contributed by atoms with Gasteiger partial charge in [0.05, 0.1) is 30.3 Å². The van der Waals surface area contributed by atoms with Crippen molar-refractivity contribution in [1.29, 1.82) is 0 Å². The average molecular weight is 367 g/mol. The largest absolute Gasteiger partial charge is 0.377 e. The molecule has 0 aromatic carbocycles. The topological polar surface area (TPSA) is 99.8 Å². The lowest BCUT2D eigenvalue weighted by atomic mass is 9.97. The van der Waals surface area contributed by atoms with Gasteiger partial charge in [0, 0.05) is 19.3 Å². The fraction of sp³-hybridized carbons (Fsp3) is 0.500. The molecule has 1 aliphatic carbocycles. The van der Waals surface area contributed by atoms with Crippen molar-refractivity contribution < 1.29 is 4.74 Å². The molecule has 2 atom stereocenters. The van der Waals surface area contributed by atoms with Crippen molar-refractivity contribution in [3.05, 3.63) is 40.2 Å². The molecule has 3 aromatic rings. The maximum atomic E-state index is 12.7. The average Bonchev–Trinajstić information content (AvgIpc) is 3.27. The molecule has 0 bridgehead atoms. The lowest BCUT2D eigenvalue weighted by molar-refractivity contribution is 0.182. The van der Waals surface area contributed by atoms with E-state index in [0.29, 0.717) is 24.7 Å². The molecule has 2 unspecified atom stereocenters. The van der Waals surface area contributed by atoms with Gasteiger partial charge in [0.15, 0.2) is 5.65 Å². The summed E-state index contributed by atoms with van der Waals surface area (Å²) in [6, 6.07) is 1.47. The summed E-state index contributed by atoms with van der Waals surface area (Å²) in [4.78, 5) is 21.2. The molecule has 5 rings (SSSR count). The van der Waals surface area contributed by atoms with E-state index in [1.54, 1.807) is 15.4 Å². The number of hydrogen-bond donors (Lipinski definition) is 1. The van der Waals surface area contributed by atoms with Crippen molar-refractivity contribution in [2.24, 2.45) is 7.05 Å². The van der Waals surface area contributed by atoms with Crippen molar-refractivity contribution in [3.63, 3.8) is 0 Å². The summed E-state index contributed by atoms with van der Waals surface area (Å²) >= 11 is 0. The van der Waals surface area contributed by atoms with Gasteiger partial charge in [-0.3, -0.25) is 9.48 Å². The Morgan fingerprint density at radius 2 is 2.07 bits per heavy atom. The predicted octanol–water partition coefficient (Wildman–Crippen LogP) is 0.851. The minimum atomic E-state index is -0.175. The molecule has 1 saturated heterocycles. The fourth-order valence-electron chi connectivity index (χ4n) is 3.98. The molecule has 1 aliphatic heterocycles. The summed E-state index contributed by atoms with van der Waals surface area (Å²) in [7, 11) is 1.85. The van der Waals surface area contributed by atoms with Crippen LogP contribution in [0.4, 0.5) is 5.82 Å². The van der Waals surface area contributed by atoms with Gasteiger partial charge in [0.1, 0.15) is 18.2 Å². The molecule has 1 fully saturated rings. The molecule has 4 heterocycles. The summed E-state index contributed by atoms with van der Waals surface area (Å²) in [6.45, 7) is 0.937. The Labute approximate surface area is 155 Å². The first-order chi connectivity index (χ1) is 13.2. The van der Waals surface area contributed by atoms with Gasteiger partial charge < -0.3 is 10.1 Å². The second-order valence-electron chi connectivity index (χ2n) is 7.22. The molecule has 9 nitrogen and oxygen atoms in total. The van der Waals surface area contributed by atoms with E-state index in [-0.39, 0.29) is 17.6 Å². The molecular weight excluding hydrogens is 346 g/mol. The van der Waals surface area contributed by atoms with Gasteiger partial charge in [-0.1, -0.05) is 0 Å². The number of rotatable bonds is 3. The first-order valence-corrected chi connectivity index (χ1v) is 9.29. The van der Waals surface area contributed by atoms with Crippen LogP contribution in [0.2, 0.25) is 0 Å². The van der Waals surface area contributed by atoms with E-state index in [2.05, 4.69) is 25.5 Å². The molecule has 3 aromatic heterocycles. The van der Waals surface area contributed by atoms with Gasteiger partial charge in [-0.25, -0.2) is 14.6 Å². The molecule has 0 saturated carbocycles. The third-order valence-electron chi connectivity index (χ3n) is 5.35. The van der Waals surface area contributed by atoms with Gasteiger partial charge in [0.25, 0.3) is 5.56 Å². The van der Waals surface area contributed by atoms with Crippen molar-refractivity contribution in [2.75, 3.05) is 18.5 Å². The number of nitrogens with one attached hydrogen (secondary N) is 1. The molecule has 0 amide bonds. The predicted molar refractivity (Wildman–Crippen MR) is 98.7 cm³/mol. The Bertz CT molecular complexity index is 1060. The van der Waals surface area contributed by atoms with E-state index in [0.717, 1.165) is 42.3 Å². The lowest BCUT2D eigenvalue weighted by Gasteiger charge is -2.23. The van der Waals surface area contributed by atoms with E-state index in [4.69, 9.17) is 4.74 Å². The fourth-order valence-corrected chi connectivity index (χ4v) is 3.98. The molecule has 1 N–H and O–H groups in total. The number of aromatic nitrogens is 6. The van der Waals surface area contributed by atoms with Crippen LogP contribution >= 0.6 is 0 Å². The van der Waals surface area contributed by atoms with Gasteiger partial charge in [-0.05, 0) is 31.2 Å². The Morgan fingerprint density at radius 3 is 3.00 bits per heavy atom. The van der Waals surface area contributed by atoms with E-state index < -0.39 is 0 Å². The van der Waals surface area contributed by atoms with Crippen LogP contribution in [0, 0.1) is 0 Å². The van der Waals surface area contributed by atoms with Crippen LogP contribution in [0.15, 0.2) is 23.4 Å². The van der Waals surface area contributed by atoms with Gasteiger partial charge in [0.2, 0.25) is 0 Å².